The van der Waals surface area contributed by atoms with Crippen LogP contribution in [-0.4, -0.2) is 119 Å². The van der Waals surface area contributed by atoms with Crippen LogP contribution in [0.15, 0.2) is 30.9 Å². The SMILES string of the molecule is C=CCC(=O)N[C@@H](Cc1cc(F)cc(F)c1)C(=O)N[C@H]1COC(=O)[C@@H]2CCCN2C(=O)[C@H](C)NC(=O)[C@H](C)N(C)C(=O)[C@@H]2CCCN2C1=O. The van der Waals surface area contributed by atoms with Gasteiger partial charge in [0.05, 0.1) is 0 Å². The quantitative estimate of drug-likeness (QED) is 0.264. The standard InChI is InChI=1S/C33H42F2N6O8/c1-5-8-27(42)37-23(15-20-13-21(34)16-22(35)14-20)29(44)38-24-17-49-33(48)26-10-7-12-41(26)30(45)18(2)36-28(43)19(3)39(4)32(47)25-9-6-11-40(25)31(24)46/h5,13-14,16,18-19,23-26H,1,6-12,15,17H2,2-4H3,(H,36,43)(H,37,42)(H,38,44)/t18-,19-,23-,24-,25-,26-/m0/s1. The predicted molar refractivity (Wildman–Crippen MR) is 169 cm³/mol. The van der Waals surface area contributed by atoms with Gasteiger partial charge in [-0.2, -0.15) is 0 Å². The van der Waals surface area contributed by atoms with E-state index >= 15 is 0 Å². The smallest absolute Gasteiger partial charge is 0.328 e. The third kappa shape index (κ3) is 8.78. The van der Waals surface area contributed by atoms with E-state index in [0.29, 0.717) is 18.9 Å². The van der Waals surface area contributed by atoms with Crippen LogP contribution < -0.4 is 16.0 Å². The minimum atomic E-state index is -1.56. The Morgan fingerprint density at radius 2 is 1.59 bits per heavy atom. The molecule has 266 valence electrons. The van der Waals surface area contributed by atoms with Crippen molar-refractivity contribution in [2.75, 3.05) is 26.7 Å². The Hall–Kier alpha value is -4.89. The number of cyclic esters (lactones) is 1. The molecule has 3 heterocycles. The number of carbonyl (C=O) groups excluding carboxylic acids is 7. The number of likely N-dealkylation sites (N-methyl/N-ethyl adjacent to an activating group) is 1. The normalized spacial score (nSPS) is 26.0. The van der Waals surface area contributed by atoms with E-state index in [4.69, 9.17) is 4.74 Å². The van der Waals surface area contributed by atoms with E-state index in [0.717, 1.165) is 12.1 Å². The van der Waals surface area contributed by atoms with Crippen molar-refractivity contribution >= 4 is 41.4 Å². The molecule has 14 nitrogen and oxygen atoms in total. The molecule has 6 atom stereocenters. The maximum Gasteiger partial charge on any atom is 0.328 e. The molecule has 3 aliphatic rings. The van der Waals surface area contributed by atoms with Gasteiger partial charge in [0.1, 0.15) is 54.5 Å². The number of hydrogen-bond acceptors (Lipinski definition) is 8. The molecular formula is C33H42F2N6O8. The first-order chi connectivity index (χ1) is 23.2. The minimum Gasteiger partial charge on any atom is -0.461 e. The number of nitrogens with zero attached hydrogens (tertiary/aromatic N) is 3. The molecule has 6 amide bonds. The summed E-state index contributed by atoms with van der Waals surface area (Å²) in [4.78, 5) is 97.4. The van der Waals surface area contributed by atoms with Crippen molar-refractivity contribution in [3.63, 3.8) is 0 Å². The lowest BCUT2D eigenvalue weighted by molar-refractivity contribution is -0.158. The second-order valence-corrected chi connectivity index (χ2v) is 12.5. The maximum atomic E-state index is 14.1. The zero-order valence-corrected chi connectivity index (χ0v) is 27.7. The Morgan fingerprint density at radius 3 is 2.22 bits per heavy atom. The van der Waals surface area contributed by atoms with Crippen molar-refractivity contribution in [3.05, 3.63) is 48.1 Å². The van der Waals surface area contributed by atoms with Crippen LogP contribution in [0.4, 0.5) is 8.78 Å². The highest BCUT2D eigenvalue weighted by atomic mass is 19.1. The van der Waals surface area contributed by atoms with E-state index in [1.54, 1.807) is 0 Å². The third-order valence-electron chi connectivity index (χ3n) is 9.02. The van der Waals surface area contributed by atoms with Crippen molar-refractivity contribution in [2.45, 2.75) is 88.6 Å². The molecule has 3 N–H and O–H groups in total. The van der Waals surface area contributed by atoms with E-state index in [1.807, 2.05) is 0 Å². The summed E-state index contributed by atoms with van der Waals surface area (Å²) in [6.45, 7) is 6.11. The zero-order chi connectivity index (χ0) is 36.0. The molecule has 0 aliphatic carbocycles. The van der Waals surface area contributed by atoms with E-state index in [9.17, 15) is 42.3 Å². The molecular weight excluding hydrogens is 646 g/mol. The summed E-state index contributed by atoms with van der Waals surface area (Å²) >= 11 is 0. The lowest BCUT2D eigenvalue weighted by Crippen LogP contribution is -2.60. The van der Waals surface area contributed by atoms with Crippen molar-refractivity contribution < 1.29 is 47.1 Å². The van der Waals surface area contributed by atoms with Crippen molar-refractivity contribution in [3.8, 4) is 0 Å². The summed E-state index contributed by atoms with van der Waals surface area (Å²) in [5.41, 5.74) is 0.0407. The van der Waals surface area contributed by atoms with Gasteiger partial charge >= 0.3 is 5.97 Å². The fourth-order valence-electron chi connectivity index (χ4n) is 6.28. The summed E-state index contributed by atoms with van der Waals surface area (Å²) in [6, 6.07) is -4.41. The molecule has 1 aromatic carbocycles. The second kappa shape index (κ2) is 16.0. The van der Waals surface area contributed by atoms with Gasteiger partial charge < -0.3 is 35.4 Å². The molecule has 49 heavy (non-hydrogen) atoms. The third-order valence-corrected chi connectivity index (χ3v) is 9.02. The van der Waals surface area contributed by atoms with Crippen LogP contribution in [0.3, 0.4) is 0 Å². The average Bonchev–Trinajstić information content (AvgIpc) is 3.74. The van der Waals surface area contributed by atoms with E-state index < -0.39 is 95.9 Å². The van der Waals surface area contributed by atoms with Gasteiger partial charge in [-0.15, -0.1) is 6.58 Å². The molecule has 3 aliphatic heterocycles. The summed E-state index contributed by atoms with van der Waals surface area (Å²) in [7, 11) is 1.41. The van der Waals surface area contributed by atoms with Crippen LogP contribution in [0.2, 0.25) is 0 Å². The Balaban J connectivity index is 1.67. The number of carbonyl (C=O) groups is 7. The highest BCUT2D eigenvalue weighted by Crippen LogP contribution is 2.23. The Labute approximate surface area is 282 Å². The fraction of sp³-hybridized carbons (Fsp3) is 0.545. The molecule has 0 aromatic heterocycles. The van der Waals surface area contributed by atoms with Crippen LogP contribution >= 0.6 is 0 Å². The number of ether oxygens (including phenoxy) is 1. The van der Waals surface area contributed by atoms with Crippen LogP contribution in [0.25, 0.3) is 0 Å². The topological polar surface area (TPSA) is 175 Å². The summed E-state index contributed by atoms with van der Waals surface area (Å²) < 4.78 is 33.5. The largest absolute Gasteiger partial charge is 0.461 e. The van der Waals surface area contributed by atoms with Crippen LogP contribution in [-0.2, 0) is 44.7 Å². The van der Waals surface area contributed by atoms with Gasteiger partial charge in [0.15, 0.2) is 0 Å². The van der Waals surface area contributed by atoms with Gasteiger partial charge in [-0.25, -0.2) is 13.6 Å². The number of nitrogens with one attached hydrogen (secondary N) is 3. The highest BCUT2D eigenvalue weighted by molar-refractivity contribution is 5.97. The Bertz CT molecular complexity index is 1490. The van der Waals surface area contributed by atoms with E-state index in [-0.39, 0.29) is 44.3 Å². The van der Waals surface area contributed by atoms with Gasteiger partial charge in [-0.3, -0.25) is 28.8 Å². The number of fused-ring (bicyclic) bond motifs is 2. The van der Waals surface area contributed by atoms with Gasteiger partial charge in [-0.05, 0) is 57.2 Å². The number of amides is 6. The van der Waals surface area contributed by atoms with Crippen LogP contribution in [0.1, 0.15) is 51.5 Å². The van der Waals surface area contributed by atoms with E-state index in [2.05, 4.69) is 22.5 Å². The summed E-state index contributed by atoms with van der Waals surface area (Å²) in [5.74, 6) is -6.66. The van der Waals surface area contributed by atoms with Crippen LogP contribution in [0, 0.1) is 11.6 Å². The molecule has 0 radical (unpaired) electrons. The first kappa shape index (κ1) is 36.9. The first-order valence-electron chi connectivity index (χ1n) is 16.2. The molecule has 4 rings (SSSR count). The number of benzene rings is 1. The predicted octanol–water partition coefficient (Wildman–Crippen LogP) is -0.0566. The fourth-order valence-corrected chi connectivity index (χ4v) is 6.28. The molecule has 0 spiro atoms. The molecule has 0 unspecified atom stereocenters. The number of esters is 1. The van der Waals surface area contributed by atoms with Crippen molar-refractivity contribution in [1.29, 1.82) is 0 Å². The van der Waals surface area contributed by atoms with Gasteiger partial charge in [0.2, 0.25) is 35.4 Å². The highest BCUT2D eigenvalue weighted by Gasteiger charge is 2.43. The van der Waals surface area contributed by atoms with Crippen molar-refractivity contribution in [1.82, 2.24) is 30.7 Å². The second-order valence-electron chi connectivity index (χ2n) is 12.5. The molecule has 0 saturated carbocycles. The monoisotopic (exact) mass is 688 g/mol. The molecule has 3 saturated heterocycles. The maximum absolute atomic E-state index is 14.1. The van der Waals surface area contributed by atoms with Crippen LogP contribution in [0.5, 0.6) is 0 Å². The average molecular weight is 689 g/mol. The van der Waals surface area contributed by atoms with Gasteiger partial charge in [0.25, 0.3) is 0 Å². The van der Waals surface area contributed by atoms with Gasteiger partial charge in [-0.1, -0.05) is 6.08 Å². The Morgan fingerprint density at radius 1 is 0.980 bits per heavy atom. The van der Waals surface area contributed by atoms with Crippen molar-refractivity contribution in [2.24, 2.45) is 0 Å². The number of hydrogen-bond donors (Lipinski definition) is 3. The number of rotatable bonds is 7. The summed E-state index contributed by atoms with van der Waals surface area (Å²) in [6.07, 6.45) is 2.16. The Kier molecular flexibility index (Phi) is 12.1. The minimum absolute atomic E-state index is 0.0407. The lowest BCUT2D eigenvalue weighted by Gasteiger charge is -2.34. The van der Waals surface area contributed by atoms with Gasteiger partial charge in [0, 0.05) is 39.0 Å². The number of halogens is 2. The molecule has 3 fully saturated rings. The molecule has 1 aromatic rings. The summed E-state index contributed by atoms with van der Waals surface area (Å²) in [5, 5.41) is 7.60. The zero-order valence-electron chi connectivity index (χ0n) is 27.7. The van der Waals surface area contributed by atoms with E-state index in [1.165, 1.54) is 41.7 Å². The first-order valence-corrected chi connectivity index (χ1v) is 16.2. The molecule has 16 heteroatoms. The molecule has 0 bridgehead atoms. The lowest BCUT2D eigenvalue weighted by atomic mass is 10.0.